The van der Waals surface area contributed by atoms with Gasteiger partial charge in [-0.1, -0.05) is 13.8 Å². The zero-order chi connectivity index (χ0) is 13.9. The Morgan fingerprint density at radius 3 is 3.10 bits per heavy atom. The van der Waals surface area contributed by atoms with E-state index in [-0.39, 0.29) is 0 Å². The van der Waals surface area contributed by atoms with E-state index in [9.17, 15) is 0 Å². The Labute approximate surface area is 123 Å². The third-order valence-corrected chi connectivity index (χ3v) is 4.45. The summed E-state index contributed by atoms with van der Waals surface area (Å²) in [5.41, 5.74) is 3.02. The van der Waals surface area contributed by atoms with Crippen molar-refractivity contribution < 1.29 is 0 Å². The lowest BCUT2D eigenvalue weighted by atomic mass is 9.98. The van der Waals surface area contributed by atoms with Gasteiger partial charge in [-0.2, -0.15) is 0 Å². The van der Waals surface area contributed by atoms with Gasteiger partial charge >= 0.3 is 0 Å². The van der Waals surface area contributed by atoms with Gasteiger partial charge in [-0.05, 0) is 12.3 Å². The van der Waals surface area contributed by atoms with Crippen LogP contribution in [-0.4, -0.2) is 26.3 Å². The number of rotatable bonds is 5. The van der Waals surface area contributed by atoms with Crippen LogP contribution in [0.5, 0.6) is 0 Å². The average Bonchev–Trinajstić information content (AvgIpc) is 3.06. The molecule has 108 valence electrons. The Morgan fingerprint density at radius 2 is 2.35 bits per heavy atom. The number of aromatic nitrogens is 4. The van der Waals surface area contributed by atoms with Crippen molar-refractivity contribution in [2.75, 3.05) is 6.54 Å². The Balaban J connectivity index is 1.56. The molecule has 0 fully saturated rings. The molecule has 0 unspecified atom stereocenters. The van der Waals surface area contributed by atoms with Crippen molar-refractivity contribution in [3.63, 3.8) is 0 Å². The Hall–Kier alpha value is -1.27. The van der Waals surface area contributed by atoms with Gasteiger partial charge in [-0.3, -0.25) is 0 Å². The van der Waals surface area contributed by atoms with Gasteiger partial charge in [0.15, 0.2) is 0 Å². The summed E-state index contributed by atoms with van der Waals surface area (Å²) in [5, 5.41) is 14.3. The lowest BCUT2D eigenvalue weighted by Crippen LogP contribution is -2.30. The lowest BCUT2D eigenvalue weighted by molar-refractivity contribution is 0.339. The first-order chi connectivity index (χ1) is 9.74. The molecule has 0 amide bonds. The van der Waals surface area contributed by atoms with Gasteiger partial charge in [-0.25, -0.2) is 4.98 Å². The second-order valence-corrected chi connectivity index (χ2v) is 6.47. The molecule has 6 heteroatoms. The molecule has 2 aromatic heterocycles. The van der Waals surface area contributed by atoms with Crippen molar-refractivity contribution in [2.24, 2.45) is 5.92 Å². The summed E-state index contributed by atoms with van der Waals surface area (Å²) in [6.07, 6.45) is 2.24. The van der Waals surface area contributed by atoms with Crippen LogP contribution in [0.3, 0.4) is 0 Å². The second-order valence-electron chi connectivity index (χ2n) is 5.76. The molecule has 2 aromatic rings. The van der Waals surface area contributed by atoms with E-state index in [1.807, 2.05) is 5.51 Å². The van der Waals surface area contributed by atoms with Crippen LogP contribution in [-0.2, 0) is 19.5 Å². The zero-order valence-electron chi connectivity index (χ0n) is 12.0. The van der Waals surface area contributed by atoms with Crippen LogP contribution in [0.15, 0.2) is 10.9 Å². The minimum absolute atomic E-state index is 0.443. The maximum absolute atomic E-state index is 4.34. The third-order valence-electron chi connectivity index (χ3n) is 3.81. The Kier molecular flexibility index (Phi) is 4.12. The largest absolute Gasteiger partial charge is 0.314 e. The number of nitrogens with one attached hydrogen (secondary N) is 1. The Bertz CT molecular complexity index is 546. The second kappa shape index (κ2) is 6.01. The quantitative estimate of drug-likeness (QED) is 0.917. The molecule has 5 nitrogen and oxygen atoms in total. The molecule has 0 saturated carbocycles. The standard InChI is InChI=1S/C14H21N5S/c1-10(2)14-18-17-13-4-3-11(7-19(13)14)5-15-6-12-8-20-9-16-12/h8-11,15H,3-7H2,1-2H3/t11-/m0/s1. The molecule has 20 heavy (non-hydrogen) atoms. The Morgan fingerprint density at radius 1 is 1.45 bits per heavy atom. The molecule has 0 aromatic carbocycles. The van der Waals surface area contributed by atoms with E-state index in [2.05, 4.69) is 44.3 Å². The fourth-order valence-electron chi connectivity index (χ4n) is 2.74. The summed E-state index contributed by atoms with van der Waals surface area (Å²) < 4.78 is 2.32. The molecule has 3 rings (SSSR count). The van der Waals surface area contributed by atoms with E-state index >= 15 is 0 Å². The molecule has 3 heterocycles. The van der Waals surface area contributed by atoms with Crippen molar-refractivity contribution in [1.82, 2.24) is 25.1 Å². The number of fused-ring (bicyclic) bond motifs is 1. The van der Waals surface area contributed by atoms with Gasteiger partial charge in [0.2, 0.25) is 0 Å². The molecule has 0 spiro atoms. The SMILES string of the molecule is CC(C)c1nnc2n1C[C@H](CNCc1cscn1)CC2. The topological polar surface area (TPSA) is 55.6 Å². The molecular formula is C14H21N5S. The van der Waals surface area contributed by atoms with E-state index in [0.717, 1.165) is 43.4 Å². The minimum atomic E-state index is 0.443. The molecule has 1 aliphatic heterocycles. The summed E-state index contributed by atoms with van der Waals surface area (Å²) in [5.74, 6) is 3.39. The predicted molar refractivity (Wildman–Crippen MR) is 79.7 cm³/mol. The summed E-state index contributed by atoms with van der Waals surface area (Å²) in [7, 11) is 0. The van der Waals surface area contributed by atoms with Crippen LogP contribution in [0.2, 0.25) is 0 Å². The van der Waals surface area contributed by atoms with Gasteiger partial charge < -0.3 is 9.88 Å². The summed E-state index contributed by atoms with van der Waals surface area (Å²) in [6, 6.07) is 0. The van der Waals surface area contributed by atoms with Gasteiger partial charge in [0.1, 0.15) is 11.6 Å². The van der Waals surface area contributed by atoms with Gasteiger partial charge in [0.05, 0.1) is 11.2 Å². The normalized spacial score (nSPS) is 18.4. The van der Waals surface area contributed by atoms with E-state index in [4.69, 9.17) is 0 Å². The fourth-order valence-corrected chi connectivity index (χ4v) is 3.30. The molecule has 0 bridgehead atoms. The van der Waals surface area contributed by atoms with E-state index in [1.54, 1.807) is 11.3 Å². The van der Waals surface area contributed by atoms with Gasteiger partial charge in [0.25, 0.3) is 0 Å². The summed E-state index contributed by atoms with van der Waals surface area (Å²) in [6.45, 7) is 7.31. The maximum Gasteiger partial charge on any atom is 0.135 e. The lowest BCUT2D eigenvalue weighted by Gasteiger charge is -2.25. The van der Waals surface area contributed by atoms with Crippen LogP contribution in [0.25, 0.3) is 0 Å². The maximum atomic E-state index is 4.34. The summed E-state index contributed by atoms with van der Waals surface area (Å²) in [4.78, 5) is 4.29. The third kappa shape index (κ3) is 2.91. The molecule has 0 saturated heterocycles. The minimum Gasteiger partial charge on any atom is -0.314 e. The van der Waals surface area contributed by atoms with Crippen LogP contribution in [0, 0.1) is 5.92 Å². The van der Waals surface area contributed by atoms with Crippen LogP contribution in [0.1, 0.15) is 43.5 Å². The van der Waals surface area contributed by atoms with Crippen molar-refractivity contribution in [3.8, 4) is 0 Å². The number of thiazole rings is 1. The van der Waals surface area contributed by atoms with Crippen molar-refractivity contribution in [1.29, 1.82) is 0 Å². The summed E-state index contributed by atoms with van der Waals surface area (Å²) >= 11 is 1.65. The van der Waals surface area contributed by atoms with E-state index < -0.39 is 0 Å². The monoisotopic (exact) mass is 291 g/mol. The first kappa shape index (κ1) is 13.7. The fraction of sp³-hybridized carbons (Fsp3) is 0.643. The van der Waals surface area contributed by atoms with E-state index in [0.29, 0.717) is 11.8 Å². The molecule has 1 atom stereocenters. The van der Waals surface area contributed by atoms with Gasteiger partial charge in [-0.15, -0.1) is 21.5 Å². The zero-order valence-corrected chi connectivity index (χ0v) is 12.9. The van der Waals surface area contributed by atoms with Crippen LogP contribution < -0.4 is 5.32 Å². The first-order valence-corrected chi connectivity index (χ1v) is 8.18. The predicted octanol–water partition coefficient (Wildman–Crippen LogP) is 2.21. The molecular weight excluding hydrogens is 270 g/mol. The van der Waals surface area contributed by atoms with Crippen molar-refractivity contribution >= 4 is 11.3 Å². The number of aryl methyl sites for hydroxylation is 1. The van der Waals surface area contributed by atoms with Crippen LogP contribution in [0.4, 0.5) is 0 Å². The highest BCUT2D eigenvalue weighted by Gasteiger charge is 2.23. The number of hydrogen-bond acceptors (Lipinski definition) is 5. The van der Waals surface area contributed by atoms with E-state index in [1.165, 1.54) is 6.42 Å². The average molecular weight is 291 g/mol. The highest BCUT2D eigenvalue weighted by molar-refractivity contribution is 7.07. The number of hydrogen-bond donors (Lipinski definition) is 1. The van der Waals surface area contributed by atoms with Crippen molar-refractivity contribution in [3.05, 3.63) is 28.2 Å². The smallest absolute Gasteiger partial charge is 0.135 e. The highest BCUT2D eigenvalue weighted by Crippen LogP contribution is 2.23. The molecule has 0 radical (unpaired) electrons. The number of nitrogens with zero attached hydrogens (tertiary/aromatic N) is 4. The van der Waals surface area contributed by atoms with Gasteiger partial charge in [0, 0.05) is 37.4 Å². The first-order valence-electron chi connectivity index (χ1n) is 7.23. The van der Waals surface area contributed by atoms with Crippen molar-refractivity contribution in [2.45, 2.75) is 45.7 Å². The molecule has 1 aliphatic rings. The highest BCUT2D eigenvalue weighted by atomic mass is 32.1. The molecule has 1 N–H and O–H groups in total. The van der Waals surface area contributed by atoms with Crippen LogP contribution >= 0.6 is 11.3 Å². The molecule has 0 aliphatic carbocycles.